The average molecular weight is 990 g/mol. The molecular weight excluding hydrogens is 915 g/mol. The molecule has 0 heterocycles. The first kappa shape index (κ1) is 55.8. The molecule has 13 heteroatoms. The minimum Gasteiger partial charge on any atom is -0.465 e. The van der Waals surface area contributed by atoms with Gasteiger partial charge in [0.25, 0.3) is 0 Å². The molecule has 4 aromatic rings. The van der Waals surface area contributed by atoms with Crippen molar-refractivity contribution in [1.82, 2.24) is 10.2 Å². The van der Waals surface area contributed by atoms with Crippen molar-refractivity contribution < 1.29 is 23.9 Å². The molecule has 0 radical (unpaired) electrons. The molecule has 8 rings (SSSR count). The summed E-state index contributed by atoms with van der Waals surface area (Å²) >= 11 is 3.26. The number of benzene rings is 4. The number of anilines is 1. The summed E-state index contributed by atoms with van der Waals surface area (Å²) in [4.78, 5) is 51.0. The van der Waals surface area contributed by atoms with Crippen molar-refractivity contribution >= 4 is 52.9 Å². The van der Waals surface area contributed by atoms with Crippen molar-refractivity contribution in [3.05, 3.63) is 124 Å². The van der Waals surface area contributed by atoms with Gasteiger partial charge in [0, 0.05) is 47.6 Å². The normalized spacial score (nSPS) is 17.9. The van der Waals surface area contributed by atoms with Gasteiger partial charge in [-0.25, -0.2) is 14.4 Å². The summed E-state index contributed by atoms with van der Waals surface area (Å²) in [5.74, 6) is -0.616. The van der Waals surface area contributed by atoms with Gasteiger partial charge in [-0.3, -0.25) is 0 Å². The molecule has 70 heavy (non-hydrogen) atoms. The number of ether oxygens (including phenoxy) is 2. The molecule has 0 bridgehead atoms. The Labute approximate surface area is 426 Å². The molecule has 2 N–H and O–H groups in total. The SMILES string of the molecule is CC#N.COC(=O)c1ccc(CN(C(=O)Nc2cccc(SC)c2)C2CCC3(CCCCC3)CC2)cc1.COC(=O)c1ccc(CNC2CCC3(CCCCC3)CC2)cc1.CSc1cccc(N=O)c1. The number of urea groups is 1. The monoisotopic (exact) mass is 990 g/mol. The highest BCUT2D eigenvalue weighted by Gasteiger charge is 2.39. The lowest BCUT2D eigenvalue weighted by atomic mass is 9.64. The maximum atomic E-state index is 13.5. The van der Waals surface area contributed by atoms with E-state index in [0.717, 1.165) is 40.4 Å². The Morgan fingerprint density at radius 1 is 0.671 bits per heavy atom. The number of nitrogens with zero attached hydrogens (tertiary/aromatic N) is 3. The Morgan fingerprint density at radius 3 is 1.63 bits per heavy atom. The minimum absolute atomic E-state index is 0.0557. The quantitative estimate of drug-likeness (QED) is 0.0797. The molecule has 376 valence electrons. The maximum absolute atomic E-state index is 13.5. The largest absolute Gasteiger partial charge is 0.465 e. The Hall–Kier alpha value is -5.16. The summed E-state index contributed by atoms with van der Waals surface area (Å²) in [5, 5.41) is 17.0. The number of nitroso groups, excluding NO2 is 1. The van der Waals surface area contributed by atoms with E-state index in [9.17, 15) is 19.3 Å². The van der Waals surface area contributed by atoms with Gasteiger partial charge in [-0.15, -0.1) is 28.4 Å². The van der Waals surface area contributed by atoms with Gasteiger partial charge in [0.05, 0.1) is 31.4 Å². The molecular formula is C57H75N5O6S2. The van der Waals surface area contributed by atoms with E-state index < -0.39 is 0 Å². The molecule has 0 aromatic heterocycles. The van der Waals surface area contributed by atoms with E-state index in [2.05, 4.69) is 15.8 Å². The van der Waals surface area contributed by atoms with Crippen LogP contribution in [-0.2, 0) is 22.6 Å². The first-order valence-electron chi connectivity index (χ1n) is 25.1. The Balaban J connectivity index is 0.000000217. The third-order valence-corrected chi connectivity index (χ3v) is 16.2. The topological polar surface area (TPSA) is 150 Å². The van der Waals surface area contributed by atoms with Gasteiger partial charge < -0.3 is 25.0 Å². The van der Waals surface area contributed by atoms with Crippen molar-refractivity contribution in [3.63, 3.8) is 0 Å². The molecule has 4 aliphatic carbocycles. The second kappa shape index (κ2) is 29.2. The number of hydrogen-bond acceptors (Lipinski definition) is 11. The number of methoxy groups -OCH3 is 2. The van der Waals surface area contributed by atoms with E-state index in [0.29, 0.717) is 40.2 Å². The third kappa shape index (κ3) is 17.3. The van der Waals surface area contributed by atoms with Gasteiger partial charge in [0.2, 0.25) is 0 Å². The Kier molecular flexibility index (Phi) is 23.3. The zero-order chi connectivity index (χ0) is 50.2. The highest BCUT2D eigenvalue weighted by molar-refractivity contribution is 7.98. The summed E-state index contributed by atoms with van der Waals surface area (Å²) in [6.07, 6.45) is 28.0. The number of carbonyl (C=O) groups is 3. The number of nitriles is 1. The van der Waals surface area contributed by atoms with Crippen LogP contribution < -0.4 is 10.6 Å². The van der Waals surface area contributed by atoms with Crippen LogP contribution in [0.2, 0.25) is 0 Å². The van der Waals surface area contributed by atoms with Crippen LogP contribution in [0.3, 0.4) is 0 Å². The summed E-state index contributed by atoms with van der Waals surface area (Å²) in [6, 6.07) is 32.9. The number of hydrogen-bond donors (Lipinski definition) is 2. The predicted octanol–water partition coefficient (Wildman–Crippen LogP) is 14.9. The van der Waals surface area contributed by atoms with Crippen LogP contribution in [-0.4, -0.2) is 61.7 Å². The summed E-state index contributed by atoms with van der Waals surface area (Å²) < 4.78 is 9.55. The predicted molar refractivity (Wildman–Crippen MR) is 286 cm³/mol. The molecule has 0 atom stereocenters. The Morgan fingerprint density at radius 2 is 1.14 bits per heavy atom. The van der Waals surface area contributed by atoms with E-state index in [-0.39, 0.29) is 24.0 Å². The zero-order valence-corrected chi connectivity index (χ0v) is 43.8. The molecule has 4 saturated carbocycles. The van der Waals surface area contributed by atoms with Crippen molar-refractivity contribution in [3.8, 4) is 6.07 Å². The van der Waals surface area contributed by atoms with Crippen LogP contribution in [0.25, 0.3) is 0 Å². The third-order valence-electron chi connectivity index (χ3n) is 14.8. The molecule has 2 spiro atoms. The van der Waals surface area contributed by atoms with E-state index in [1.807, 2.05) is 90.2 Å². The molecule has 0 unspecified atom stereocenters. The van der Waals surface area contributed by atoms with Crippen molar-refractivity contribution in [2.24, 2.45) is 16.0 Å². The Bertz CT molecular complexity index is 2270. The molecule has 4 aliphatic rings. The number of carbonyl (C=O) groups excluding carboxylic acids is 3. The van der Waals surface area contributed by atoms with Crippen molar-refractivity contribution in [2.45, 2.75) is 157 Å². The van der Waals surface area contributed by atoms with E-state index in [1.165, 1.54) is 129 Å². The van der Waals surface area contributed by atoms with Gasteiger partial charge in [-0.2, -0.15) is 5.26 Å². The van der Waals surface area contributed by atoms with Crippen LogP contribution >= 0.6 is 23.5 Å². The summed E-state index contributed by atoms with van der Waals surface area (Å²) in [5.41, 5.74) is 5.90. The van der Waals surface area contributed by atoms with Crippen LogP contribution in [0, 0.1) is 27.1 Å². The first-order valence-corrected chi connectivity index (χ1v) is 27.5. The first-order chi connectivity index (χ1) is 34.0. The lowest BCUT2D eigenvalue weighted by Gasteiger charge is -2.45. The highest BCUT2D eigenvalue weighted by Crippen LogP contribution is 2.49. The number of esters is 2. The molecule has 2 amide bonds. The van der Waals surface area contributed by atoms with Crippen LogP contribution in [0.15, 0.2) is 112 Å². The smallest absolute Gasteiger partial charge is 0.337 e. The second-order valence-corrected chi connectivity index (χ2v) is 21.0. The highest BCUT2D eigenvalue weighted by atomic mass is 32.2. The van der Waals surface area contributed by atoms with Crippen molar-refractivity contribution in [1.29, 1.82) is 5.26 Å². The van der Waals surface area contributed by atoms with Crippen LogP contribution in [0.5, 0.6) is 0 Å². The summed E-state index contributed by atoms with van der Waals surface area (Å²) in [7, 11) is 2.80. The lowest BCUT2D eigenvalue weighted by molar-refractivity contribution is 0.0592. The van der Waals surface area contributed by atoms with E-state index in [1.54, 1.807) is 53.9 Å². The number of rotatable bonds is 12. The lowest BCUT2D eigenvalue weighted by Crippen LogP contribution is -2.46. The number of amides is 2. The maximum Gasteiger partial charge on any atom is 0.337 e. The average Bonchev–Trinajstić information content (AvgIpc) is 3.41. The molecule has 4 fully saturated rings. The molecule has 4 aromatic carbocycles. The van der Waals surface area contributed by atoms with Gasteiger partial charge in [-0.1, -0.05) is 74.9 Å². The van der Waals surface area contributed by atoms with E-state index in [4.69, 9.17) is 14.7 Å². The van der Waals surface area contributed by atoms with Gasteiger partial charge in [0.1, 0.15) is 5.69 Å². The molecule has 0 aliphatic heterocycles. The molecule has 11 nitrogen and oxygen atoms in total. The zero-order valence-electron chi connectivity index (χ0n) is 42.1. The minimum atomic E-state index is -0.347. The number of thioether (sulfide) groups is 2. The fourth-order valence-corrected chi connectivity index (χ4v) is 11.6. The standard InChI is InChI=1S/C28H36N2O3S.C20H29NO2.C7H7NOS.C2H3N/c1-33-26(31)22-11-9-21(10-12-22)20-30(27(32)29-23-7-6-8-25(19-23)34-2)24-13-17-28(18-14-24)15-4-3-5-16-28;1-23-19(22)17-7-5-16(6-8-17)15-21-18-9-13-20(14-10-18)11-3-2-4-12-20;1-10-7-4-2-3-6(5-7)8-9;1-2-3/h6-12,19,24H,3-5,13-18,20H2,1-2H3,(H,29,32);5-8,18,21H,2-4,9-15H2,1H3;2-5H,1H3;1H3. The van der Waals surface area contributed by atoms with E-state index >= 15 is 0 Å². The van der Waals surface area contributed by atoms with Gasteiger partial charge >= 0.3 is 18.0 Å². The fraction of sp³-hybridized carbons (Fsp3) is 0.509. The molecule has 0 saturated heterocycles. The second-order valence-electron chi connectivity index (χ2n) is 19.2. The van der Waals surface area contributed by atoms with Gasteiger partial charge in [0.15, 0.2) is 0 Å². The van der Waals surface area contributed by atoms with Crippen LogP contribution in [0.1, 0.15) is 154 Å². The fourth-order valence-electron chi connectivity index (χ4n) is 10.7. The summed E-state index contributed by atoms with van der Waals surface area (Å²) in [6.45, 7) is 2.84. The van der Waals surface area contributed by atoms with Gasteiger partial charge in [-0.05, 0) is 177 Å². The number of nitrogens with one attached hydrogen (secondary N) is 2. The van der Waals surface area contributed by atoms with Crippen molar-refractivity contribution in [2.75, 3.05) is 32.0 Å². The van der Waals surface area contributed by atoms with Crippen LogP contribution in [0.4, 0.5) is 16.2 Å².